The molecule has 1 heterocycles. The lowest BCUT2D eigenvalue weighted by Crippen LogP contribution is -2.48. The normalized spacial score (nSPS) is 13.1. The van der Waals surface area contributed by atoms with Crippen molar-refractivity contribution < 1.29 is 9.90 Å². The van der Waals surface area contributed by atoms with E-state index in [9.17, 15) is 4.79 Å². The molecule has 108 valence electrons. The number of aliphatic hydroxyl groups is 1. The summed E-state index contributed by atoms with van der Waals surface area (Å²) < 4.78 is 0. The quantitative estimate of drug-likeness (QED) is 0.749. The maximum Gasteiger partial charge on any atom is 0.315 e. The summed E-state index contributed by atoms with van der Waals surface area (Å²) in [7, 11) is 0. The molecule has 19 heavy (non-hydrogen) atoms. The molecule has 1 atom stereocenters. The molecular formula is C13H23N3O2S. The number of hydrogen-bond donors (Lipinski definition) is 3. The van der Waals surface area contributed by atoms with Crippen molar-refractivity contribution in [2.24, 2.45) is 0 Å². The van der Waals surface area contributed by atoms with Crippen molar-refractivity contribution in [3.8, 4) is 0 Å². The summed E-state index contributed by atoms with van der Waals surface area (Å²) in [5.41, 5.74) is 0.478. The Morgan fingerprint density at radius 2 is 2.26 bits per heavy atom. The topological polar surface area (TPSA) is 74.2 Å². The molecule has 0 aliphatic heterocycles. The van der Waals surface area contributed by atoms with Crippen LogP contribution in [0.4, 0.5) is 4.79 Å². The van der Waals surface area contributed by atoms with Crippen molar-refractivity contribution in [2.75, 3.05) is 6.61 Å². The first-order valence-corrected chi connectivity index (χ1v) is 7.35. The zero-order valence-corrected chi connectivity index (χ0v) is 12.8. The lowest BCUT2D eigenvalue weighted by Gasteiger charge is -2.25. The lowest BCUT2D eigenvalue weighted by atomic mass is 10.1. The number of aryl methyl sites for hydroxylation is 1. The Morgan fingerprint density at radius 1 is 1.58 bits per heavy atom. The zero-order valence-electron chi connectivity index (χ0n) is 12.0. The molecule has 0 bridgehead atoms. The molecule has 0 aromatic carbocycles. The number of carbonyl (C=O) groups is 1. The van der Waals surface area contributed by atoms with Gasteiger partial charge in [0.2, 0.25) is 0 Å². The van der Waals surface area contributed by atoms with Crippen molar-refractivity contribution in [1.82, 2.24) is 15.6 Å². The summed E-state index contributed by atoms with van der Waals surface area (Å²) in [5, 5.41) is 17.4. The molecule has 1 aromatic rings. The Bertz CT molecular complexity index is 418. The third kappa shape index (κ3) is 5.16. The minimum Gasteiger partial charge on any atom is -0.396 e. The van der Waals surface area contributed by atoms with Crippen LogP contribution in [0.5, 0.6) is 0 Å². The molecule has 0 fully saturated rings. The van der Waals surface area contributed by atoms with E-state index in [1.807, 2.05) is 33.1 Å². The van der Waals surface area contributed by atoms with E-state index in [2.05, 4.69) is 15.6 Å². The molecule has 3 N–H and O–H groups in total. The van der Waals surface area contributed by atoms with Crippen LogP contribution in [0.1, 0.15) is 44.3 Å². The second kappa shape index (κ2) is 6.86. The Hall–Kier alpha value is -1.14. The zero-order chi connectivity index (χ0) is 14.5. The van der Waals surface area contributed by atoms with Gasteiger partial charge < -0.3 is 15.7 Å². The molecular weight excluding hydrogens is 262 g/mol. The van der Waals surface area contributed by atoms with Crippen molar-refractivity contribution in [2.45, 2.75) is 52.1 Å². The molecule has 1 rings (SSSR count). The molecule has 0 aliphatic rings. The number of rotatable bonds is 6. The van der Waals surface area contributed by atoms with E-state index in [0.717, 1.165) is 17.1 Å². The fourth-order valence-corrected chi connectivity index (χ4v) is 2.59. The molecule has 5 nitrogen and oxygen atoms in total. The number of hydrogen-bond acceptors (Lipinski definition) is 4. The first-order valence-electron chi connectivity index (χ1n) is 6.47. The van der Waals surface area contributed by atoms with Crippen LogP contribution in [0.25, 0.3) is 0 Å². The van der Waals surface area contributed by atoms with Crippen LogP contribution in [-0.2, 0) is 5.54 Å². The lowest BCUT2D eigenvalue weighted by molar-refractivity contribution is 0.224. The predicted octanol–water partition coefficient (Wildman–Crippen LogP) is 2.15. The summed E-state index contributed by atoms with van der Waals surface area (Å²) in [5.74, 6) is 0. The fourth-order valence-electron chi connectivity index (χ4n) is 1.71. The summed E-state index contributed by atoms with van der Waals surface area (Å²) in [6, 6.07) is -0.163. The number of nitrogens with one attached hydrogen (secondary N) is 2. The highest BCUT2D eigenvalue weighted by Crippen LogP contribution is 2.23. The molecule has 1 unspecified atom stereocenters. The van der Waals surface area contributed by atoms with E-state index in [1.165, 1.54) is 0 Å². The first kappa shape index (κ1) is 15.9. The van der Waals surface area contributed by atoms with Gasteiger partial charge in [0.15, 0.2) is 0 Å². The van der Waals surface area contributed by atoms with Crippen LogP contribution in [0, 0.1) is 6.92 Å². The highest BCUT2D eigenvalue weighted by Gasteiger charge is 2.26. The molecule has 0 radical (unpaired) electrons. The van der Waals surface area contributed by atoms with Gasteiger partial charge in [-0.25, -0.2) is 9.78 Å². The van der Waals surface area contributed by atoms with Crippen LogP contribution in [0.15, 0.2) is 5.38 Å². The van der Waals surface area contributed by atoms with Gasteiger partial charge in [-0.05, 0) is 40.5 Å². The van der Waals surface area contributed by atoms with Gasteiger partial charge in [0, 0.05) is 23.7 Å². The Labute approximate surface area is 118 Å². The van der Waals surface area contributed by atoms with Crippen LogP contribution in [-0.4, -0.2) is 28.8 Å². The minimum absolute atomic E-state index is 0.0426. The number of thiazole rings is 1. The maximum absolute atomic E-state index is 11.9. The Kier molecular flexibility index (Phi) is 5.75. The Morgan fingerprint density at radius 3 is 2.79 bits per heavy atom. The molecule has 0 aliphatic carbocycles. The van der Waals surface area contributed by atoms with Gasteiger partial charge in [-0.15, -0.1) is 11.3 Å². The molecule has 6 heteroatoms. The average molecular weight is 285 g/mol. The number of aromatic nitrogens is 1. The third-order valence-corrected chi connectivity index (χ3v) is 4.04. The van der Waals surface area contributed by atoms with Crippen LogP contribution < -0.4 is 10.6 Å². The first-order chi connectivity index (χ1) is 8.85. The second-order valence-electron chi connectivity index (χ2n) is 5.28. The molecule has 0 saturated carbocycles. The third-order valence-electron chi connectivity index (χ3n) is 2.75. The van der Waals surface area contributed by atoms with Crippen LogP contribution in [0.3, 0.4) is 0 Å². The van der Waals surface area contributed by atoms with Crippen molar-refractivity contribution in [3.63, 3.8) is 0 Å². The van der Waals surface area contributed by atoms with Gasteiger partial charge >= 0.3 is 6.03 Å². The maximum atomic E-state index is 11.9. The van der Waals surface area contributed by atoms with E-state index >= 15 is 0 Å². The number of carbonyl (C=O) groups excluding carboxylic acids is 1. The number of aliphatic hydroxyl groups excluding tert-OH is 1. The number of nitrogens with zero attached hydrogens (tertiary/aromatic N) is 1. The van der Waals surface area contributed by atoms with E-state index in [1.54, 1.807) is 11.3 Å². The fraction of sp³-hybridized carbons (Fsp3) is 0.692. The van der Waals surface area contributed by atoms with Gasteiger partial charge in [0.05, 0.1) is 5.54 Å². The molecule has 0 saturated heterocycles. The standard InChI is InChI=1S/C13H23N3O2S/c1-9(6-5-7-17)15-12(18)16-13(3,4)11-14-10(2)8-19-11/h8-9,17H,5-7H2,1-4H3,(H2,15,16,18). The van der Waals surface area contributed by atoms with Gasteiger partial charge in [-0.3, -0.25) is 0 Å². The molecule has 2 amide bonds. The summed E-state index contributed by atoms with van der Waals surface area (Å²) in [6.07, 6.45) is 1.46. The molecule has 1 aromatic heterocycles. The summed E-state index contributed by atoms with van der Waals surface area (Å²) >= 11 is 1.54. The van der Waals surface area contributed by atoms with Gasteiger partial charge in [0.1, 0.15) is 5.01 Å². The van der Waals surface area contributed by atoms with Gasteiger partial charge in [0.25, 0.3) is 0 Å². The van der Waals surface area contributed by atoms with Gasteiger partial charge in [-0.1, -0.05) is 0 Å². The SMILES string of the molecule is Cc1csc(C(C)(C)NC(=O)NC(C)CCCO)n1. The van der Waals surface area contributed by atoms with Gasteiger partial charge in [-0.2, -0.15) is 0 Å². The minimum atomic E-state index is -0.486. The van der Waals surface area contributed by atoms with Crippen molar-refractivity contribution in [1.29, 1.82) is 0 Å². The van der Waals surface area contributed by atoms with E-state index in [4.69, 9.17) is 5.11 Å². The largest absolute Gasteiger partial charge is 0.396 e. The smallest absolute Gasteiger partial charge is 0.315 e. The Balaban J connectivity index is 2.51. The van der Waals surface area contributed by atoms with Crippen LogP contribution >= 0.6 is 11.3 Å². The number of urea groups is 1. The van der Waals surface area contributed by atoms with E-state index in [0.29, 0.717) is 6.42 Å². The summed E-state index contributed by atoms with van der Waals surface area (Å²) in [4.78, 5) is 16.3. The second-order valence-corrected chi connectivity index (χ2v) is 6.14. The summed E-state index contributed by atoms with van der Waals surface area (Å²) in [6.45, 7) is 7.88. The predicted molar refractivity (Wildman–Crippen MR) is 77.3 cm³/mol. The van der Waals surface area contributed by atoms with Crippen molar-refractivity contribution in [3.05, 3.63) is 16.1 Å². The van der Waals surface area contributed by atoms with Crippen molar-refractivity contribution >= 4 is 17.4 Å². The monoisotopic (exact) mass is 285 g/mol. The van der Waals surface area contributed by atoms with E-state index in [-0.39, 0.29) is 18.7 Å². The highest BCUT2D eigenvalue weighted by atomic mass is 32.1. The molecule has 0 spiro atoms. The van der Waals surface area contributed by atoms with E-state index < -0.39 is 5.54 Å². The van der Waals surface area contributed by atoms with Crippen LogP contribution in [0.2, 0.25) is 0 Å². The number of amides is 2. The average Bonchev–Trinajstić information content (AvgIpc) is 2.73. The highest BCUT2D eigenvalue weighted by molar-refractivity contribution is 7.09.